The number of imidazole rings is 1. The van der Waals surface area contributed by atoms with Gasteiger partial charge in [-0.25, -0.2) is 4.98 Å². The van der Waals surface area contributed by atoms with Crippen LogP contribution in [0.15, 0.2) is 18.2 Å². The van der Waals surface area contributed by atoms with Crippen molar-refractivity contribution in [2.24, 2.45) is 0 Å². The molecule has 16 heavy (non-hydrogen) atoms. The van der Waals surface area contributed by atoms with Crippen LogP contribution in [-0.4, -0.2) is 23.2 Å². The highest BCUT2D eigenvalue weighted by molar-refractivity contribution is 5.86. The lowest BCUT2D eigenvalue weighted by molar-refractivity contribution is 0.137. The van der Waals surface area contributed by atoms with Gasteiger partial charge in [-0.2, -0.15) is 0 Å². The maximum atomic E-state index is 5.83. The van der Waals surface area contributed by atoms with Crippen LogP contribution in [0.3, 0.4) is 0 Å². The van der Waals surface area contributed by atoms with Gasteiger partial charge in [0.15, 0.2) is 0 Å². The SMILES string of the molecule is CCCOCCc1nc2c(N)cccc2[nH]1. The molecule has 0 atom stereocenters. The van der Waals surface area contributed by atoms with E-state index < -0.39 is 0 Å². The number of H-pyrrole nitrogens is 1. The minimum Gasteiger partial charge on any atom is -0.397 e. The summed E-state index contributed by atoms with van der Waals surface area (Å²) in [5.41, 5.74) is 8.40. The van der Waals surface area contributed by atoms with Crippen molar-refractivity contribution in [2.45, 2.75) is 19.8 Å². The number of nitrogens with one attached hydrogen (secondary N) is 1. The van der Waals surface area contributed by atoms with E-state index in [1.54, 1.807) is 0 Å². The molecular weight excluding hydrogens is 202 g/mol. The van der Waals surface area contributed by atoms with Gasteiger partial charge >= 0.3 is 0 Å². The van der Waals surface area contributed by atoms with Crippen molar-refractivity contribution in [2.75, 3.05) is 18.9 Å². The molecule has 0 radical (unpaired) electrons. The third-order valence-corrected chi connectivity index (χ3v) is 2.42. The Bertz CT molecular complexity index is 464. The average Bonchev–Trinajstić information content (AvgIpc) is 2.69. The first-order valence-electron chi connectivity index (χ1n) is 5.62. The fourth-order valence-electron chi connectivity index (χ4n) is 1.64. The number of para-hydroxylation sites is 1. The van der Waals surface area contributed by atoms with Crippen molar-refractivity contribution in [3.8, 4) is 0 Å². The quantitative estimate of drug-likeness (QED) is 0.598. The molecule has 0 aliphatic heterocycles. The molecule has 1 aromatic heterocycles. The number of nitrogens with two attached hydrogens (primary N) is 1. The molecule has 0 amide bonds. The molecule has 1 heterocycles. The third kappa shape index (κ3) is 2.33. The minimum atomic E-state index is 0.702. The van der Waals surface area contributed by atoms with Gasteiger partial charge in [0.1, 0.15) is 11.3 Å². The summed E-state index contributed by atoms with van der Waals surface area (Å²) in [4.78, 5) is 7.69. The summed E-state index contributed by atoms with van der Waals surface area (Å²) in [5, 5.41) is 0. The standard InChI is InChI=1S/C12H17N3O/c1-2-7-16-8-6-11-14-10-5-3-4-9(13)12(10)15-11/h3-5H,2,6-8,13H2,1H3,(H,14,15). The van der Waals surface area contributed by atoms with E-state index in [1.807, 2.05) is 18.2 Å². The summed E-state index contributed by atoms with van der Waals surface area (Å²) in [6.07, 6.45) is 1.85. The van der Waals surface area contributed by atoms with Gasteiger partial charge in [0.25, 0.3) is 0 Å². The van der Waals surface area contributed by atoms with Crippen LogP contribution < -0.4 is 5.73 Å². The first kappa shape index (κ1) is 11.0. The van der Waals surface area contributed by atoms with Crippen LogP contribution in [-0.2, 0) is 11.2 Å². The molecule has 0 aliphatic carbocycles. The number of nitrogens with zero attached hydrogens (tertiary/aromatic N) is 1. The summed E-state index contributed by atoms with van der Waals surface area (Å²) in [6.45, 7) is 3.61. The Kier molecular flexibility index (Phi) is 3.41. The molecule has 0 saturated carbocycles. The normalized spacial score (nSPS) is 11.1. The van der Waals surface area contributed by atoms with Crippen molar-refractivity contribution in [1.29, 1.82) is 0 Å². The zero-order valence-corrected chi connectivity index (χ0v) is 9.49. The van der Waals surface area contributed by atoms with E-state index in [2.05, 4.69) is 16.9 Å². The van der Waals surface area contributed by atoms with Gasteiger partial charge in [-0.15, -0.1) is 0 Å². The second kappa shape index (κ2) is 4.99. The van der Waals surface area contributed by atoms with Crippen LogP contribution in [0.1, 0.15) is 19.2 Å². The minimum absolute atomic E-state index is 0.702. The molecule has 2 aromatic rings. The second-order valence-corrected chi connectivity index (χ2v) is 3.79. The van der Waals surface area contributed by atoms with Gasteiger partial charge in [0.05, 0.1) is 17.8 Å². The summed E-state index contributed by atoms with van der Waals surface area (Å²) in [7, 11) is 0. The zero-order valence-electron chi connectivity index (χ0n) is 9.49. The van der Waals surface area contributed by atoms with Crippen molar-refractivity contribution >= 4 is 16.7 Å². The van der Waals surface area contributed by atoms with E-state index >= 15 is 0 Å². The Morgan fingerprint density at radius 3 is 3.00 bits per heavy atom. The van der Waals surface area contributed by atoms with Crippen LogP contribution in [0.5, 0.6) is 0 Å². The van der Waals surface area contributed by atoms with E-state index in [4.69, 9.17) is 10.5 Å². The molecule has 2 rings (SSSR count). The van der Waals surface area contributed by atoms with E-state index in [9.17, 15) is 0 Å². The summed E-state index contributed by atoms with van der Waals surface area (Å²) >= 11 is 0. The van der Waals surface area contributed by atoms with Crippen molar-refractivity contribution in [3.63, 3.8) is 0 Å². The summed E-state index contributed by atoms with van der Waals surface area (Å²) < 4.78 is 5.42. The number of anilines is 1. The highest BCUT2D eigenvalue weighted by Crippen LogP contribution is 2.18. The fraction of sp³-hybridized carbons (Fsp3) is 0.417. The van der Waals surface area contributed by atoms with Gasteiger partial charge in [0.2, 0.25) is 0 Å². The maximum absolute atomic E-state index is 5.83. The topological polar surface area (TPSA) is 63.9 Å². The number of ether oxygens (including phenoxy) is 1. The molecule has 0 spiro atoms. The largest absolute Gasteiger partial charge is 0.397 e. The molecule has 86 valence electrons. The zero-order chi connectivity index (χ0) is 11.4. The molecule has 4 nitrogen and oxygen atoms in total. The predicted octanol–water partition coefficient (Wildman–Crippen LogP) is 2.11. The molecule has 4 heteroatoms. The van der Waals surface area contributed by atoms with E-state index in [0.717, 1.165) is 42.0 Å². The van der Waals surface area contributed by atoms with Crippen LogP contribution >= 0.6 is 0 Å². The molecular formula is C12H17N3O. The maximum Gasteiger partial charge on any atom is 0.111 e. The number of fused-ring (bicyclic) bond motifs is 1. The lowest BCUT2D eigenvalue weighted by Gasteiger charge is -1.98. The van der Waals surface area contributed by atoms with Gasteiger partial charge in [-0.3, -0.25) is 0 Å². The molecule has 0 unspecified atom stereocenters. The number of aromatic amines is 1. The average molecular weight is 219 g/mol. The van der Waals surface area contributed by atoms with E-state index in [1.165, 1.54) is 0 Å². The van der Waals surface area contributed by atoms with Crippen LogP contribution in [0.25, 0.3) is 11.0 Å². The number of aromatic nitrogens is 2. The van der Waals surface area contributed by atoms with Gasteiger partial charge < -0.3 is 15.5 Å². The Balaban J connectivity index is 2.05. The first-order valence-corrected chi connectivity index (χ1v) is 5.62. The van der Waals surface area contributed by atoms with Crippen molar-refractivity contribution in [1.82, 2.24) is 9.97 Å². The third-order valence-electron chi connectivity index (χ3n) is 2.42. The Labute approximate surface area is 94.8 Å². The number of nitrogen functional groups attached to an aromatic ring is 1. The molecule has 1 aromatic carbocycles. The molecule has 0 aliphatic rings. The summed E-state index contributed by atoms with van der Waals surface area (Å²) in [6, 6.07) is 5.77. The molecule has 0 bridgehead atoms. The van der Waals surface area contributed by atoms with E-state index in [0.29, 0.717) is 6.61 Å². The second-order valence-electron chi connectivity index (χ2n) is 3.79. The van der Waals surface area contributed by atoms with Crippen LogP contribution in [0.2, 0.25) is 0 Å². The van der Waals surface area contributed by atoms with Gasteiger partial charge in [-0.05, 0) is 18.6 Å². The fourth-order valence-corrected chi connectivity index (χ4v) is 1.64. The Hall–Kier alpha value is -1.55. The van der Waals surface area contributed by atoms with Crippen LogP contribution in [0, 0.1) is 0 Å². The number of hydrogen-bond acceptors (Lipinski definition) is 3. The molecule has 0 saturated heterocycles. The Morgan fingerprint density at radius 1 is 1.38 bits per heavy atom. The molecule has 3 N–H and O–H groups in total. The monoisotopic (exact) mass is 219 g/mol. The van der Waals surface area contributed by atoms with Gasteiger partial charge in [0, 0.05) is 13.0 Å². The van der Waals surface area contributed by atoms with E-state index in [-0.39, 0.29) is 0 Å². The summed E-state index contributed by atoms with van der Waals surface area (Å²) in [5.74, 6) is 0.934. The smallest absolute Gasteiger partial charge is 0.111 e. The van der Waals surface area contributed by atoms with Gasteiger partial charge in [-0.1, -0.05) is 13.0 Å². The lowest BCUT2D eigenvalue weighted by Crippen LogP contribution is -2.00. The van der Waals surface area contributed by atoms with Crippen LogP contribution in [0.4, 0.5) is 5.69 Å². The number of benzene rings is 1. The lowest BCUT2D eigenvalue weighted by atomic mass is 10.3. The number of rotatable bonds is 5. The first-order chi connectivity index (χ1) is 7.81. The molecule has 0 fully saturated rings. The van der Waals surface area contributed by atoms with Crippen molar-refractivity contribution < 1.29 is 4.74 Å². The number of hydrogen-bond donors (Lipinski definition) is 2. The highest BCUT2D eigenvalue weighted by Gasteiger charge is 2.04. The Morgan fingerprint density at radius 2 is 2.25 bits per heavy atom. The van der Waals surface area contributed by atoms with Crippen molar-refractivity contribution in [3.05, 3.63) is 24.0 Å². The predicted molar refractivity (Wildman–Crippen MR) is 65.3 cm³/mol. The highest BCUT2D eigenvalue weighted by atomic mass is 16.5.